The Morgan fingerprint density at radius 1 is 1.19 bits per heavy atom. The molecular weight excluding hydrogens is 262 g/mol. The molecule has 108 valence electrons. The number of fused-ring (bicyclic) bond motifs is 1. The number of nitrogens with zero attached hydrogens (tertiary/aromatic N) is 4. The fourth-order valence-corrected chi connectivity index (χ4v) is 3.02. The summed E-state index contributed by atoms with van der Waals surface area (Å²) in [4.78, 5) is 0. The van der Waals surface area contributed by atoms with E-state index in [1.54, 1.807) is 0 Å². The van der Waals surface area contributed by atoms with E-state index >= 15 is 0 Å². The Morgan fingerprint density at radius 2 is 1.90 bits per heavy atom. The summed E-state index contributed by atoms with van der Waals surface area (Å²) in [6, 6.07) is 10.8. The molecule has 2 aromatic rings. The van der Waals surface area contributed by atoms with Crippen LogP contribution in [0.5, 0.6) is 0 Å². The molecule has 1 aliphatic rings. The zero-order valence-corrected chi connectivity index (χ0v) is 12.4. The predicted molar refractivity (Wildman–Crippen MR) is 82.5 cm³/mol. The van der Waals surface area contributed by atoms with Crippen LogP contribution in [0, 0.1) is 11.3 Å². The number of rotatable bonds is 2. The summed E-state index contributed by atoms with van der Waals surface area (Å²) in [5, 5.41) is 20.7. The number of nitrogens with one attached hydrogen (secondary N) is 1. The molecule has 0 bridgehead atoms. The average molecular weight is 281 g/mol. The molecule has 0 amide bonds. The maximum absolute atomic E-state index is 9.33. The molecule has 2 atom stereocenters. The van der Waals surface area contributed by atoms with Crippen molar-refractivity contribution >= 4 is 16.6 Å². The van der Waals surface area contributed by atoms with Gasteiger partial charge in [-0.05, 0) is 32.8 Å². The zero-order valence-electron chi connectivity index (χ0n) is 12.4. The summed E-state index contributed by atoms with van der Waals surface area (Å²) in [6.45, 7) is 4.43. The van der Waals surface area contributed by atoms with E-state index < -0.39 is 0 Å². The number of benzene rings is 1. The third-order valence-corrected chi connectivity index (χ3v) is 4.21. The number of hydrogen-bond donors (Lipinski definition) is 1. The predicted octanol–water partition coefficient (Wildman–Crippen LogP) is 3.09. The average Bonchev–Trinajstić information content (AvgIpc) is 2.51. The number of aromatic nitrogens is 2. The van der Waals surface area contributed by atoms with Gasteiger partial charge in [-0.1, -0.05) is 24.6 Å². The second-order valence-corrected chi connectivity index (χ2v) is 5.70. The van der Waals surface area contributed by atoms with Crippen molar-refractivity contribution in [3.05, 3.63) is 30.0 Å². The monoisotopic (exact) mass is 281 g/mol. The Labute approximate surface area is 124 Å². The molecule has 0 radical (unpaired) electrons. The third kappa shape index (κ3) is 2.55. The first-order valence-corrected chi connectivity index (χ1v) is 7.41. The summed E-state index contributed by atoms with van der Waals surface area (Å²) in [7, 11) is 0. The van der Waals surface area contributed by atoms with Gasteiger partial charge in [0.2, 0.25) is 0 Å². The van der Waals surface area contributed by atoms with E-state index in [4.69, 9.17) is 0 Å². The SMILES string of the molecule is CC1CCCC(C)N1Nc1c(C#N)nnc2ccccc12. The Kier molecular flexibility index (Phi) is 3.72. The Morgan fingerprint density at radius 3 is 2.62 bits per heavy atom. The van der Waals surface area contributed by atoms with Crippen LogP contribution < -0.4 is 5.43 Å². The first kappa shape index (κ1) is 13.8. The highest BCUT2D eigenvalue weighted by Crippen LogP contribution is 2.28. The molecule has 5 nitrogen and oxygen atoms in total. The number of hydrazine groups is 1. The van der Waals surface area contributed by atoms with Crippen molar-refractivity contribution in [2.45, 2.75) is 45.2 Å². The molecule has 0 spiro atoms. The van der Waals surface area contributed by atoms with Gasteiger partial charge in [0, 0.05) is 17.5 Å². The van der Waals surface area contributed by atoms with Crippen LogP contribution >= 0.6 is 0 Å². The van der Waals surface area contributed by atoms with Crippen LogP contribution in [0.25, 0.3) is 10.9 Å². The topological polar surface area (TPSA) is 64.8 Å². The van der Waals surface area contributed by atoms with Crippen LogP contribution in [0.1, 0.15) is 38.8 Å². The minimum absolute atomic E-state index is 0.346. The molecule has 3 rings (SSSR count). The molecule has 1 aromatic heterocycles. The summed E-state index contributed by atoms with van der Waals surface area (Å²) in [5.41, 5.74) is 5.37. The van der Waals surface area contributed by atoms with Gasteiger partial charge >= 0.3 is 0 Å². The van der Waals surface area contributed by atoms with Crippen molar-refractivity contribution in [2.75, 3.05) is 5.43 Å². The summed E-state index contributed by atoms with van der Waals surface area (Å²) in [5.74, 6) is 0. The van der Waals surface area contributed by atoms with Crippen molar-refractivity contribution in [2.24, 2.45) is 0 Å². The normalized spacial score (nSPS) is 22.9. The van der Waals surface area contributed by atoms with E-state index in [2.05, 4.69) is 40.5 Å². The van der Waals surface area contributed by atoms with Gasteiger partial charge in [-0.15, -0.1) is 10.2 Å². The van der Waals surface area contributed by atoms with Crippen LogP contribution in [0.2, 0.25) is 0 Å². The molecule has 1 aromatic carbocycles. The number of hydrogen-bond acceptors (Lipinski definition) is 5. The Hall–Kier alpha value is -2.19. The summed E-state index contributed by atoms with van der Waals surface area (Å²) >= 11 is 0. The van der Waals surface area contributed by atoms with Crippen LogP contribution in [0.3, 0.4) is 0 Å². The quantitative estimate of drug-likeness (QED) is 0.916. The summed E-state index contributed by atoms with van der Waals surface area (Å²) < 4.78 is 0. The molecular formula is C16H19N5. The number of nitriles is 1. The van der Waals surface area contributed by atoms with Crippen LogP contribution in [-0.2, 0) is 0 Å². The summed E-state index contributed by atoms with van der Waals surface area (Å²) in [6.07, 6.45) is 3.58. The van der Waals surface area contributed by atoms with E-state index in [0.29, 0.717) is 17.8 Å². The molecule has 2 heterocycles. The van der Waals surface area contributed by atoms with E-state index in [1.165, 1.54) is 6.42 Å². The molecule has 21 heavy (non-hydrogen) atoms. The van der Waals surface area contributed by atoms with Gasteiger partial charge in [-0.3, -0.25) is 0 Å². The van der Waals surface area contributed by atoms with E-state index in [0.717, 1.165) is 29.4 Å². The molecule has 2 unspecified atom stereocenters. The van der Waals surface area contributed by atoms with Crippen molar-refractivity contribution in [1.82, 2.24) is 15.2 Å². The van der Waals surface area contributed by atoms with Crippen molar-refractivity contribution in [3.8, 4) is 6.07 Å². The van der Waals surface area contributed by atoms with Crippen LogP contribution in [0.4, 0.5) is 5.69 Å². The lowest BCUT2D eigenvalue weighted by molar-refractivity contribution is 0.136. The van der Waals surface area contributed by atoms with E-state index in [-0.39, 0.29) is 0 Å². The fraction of sp³-hybridized carbons (Fsp3) is 0.438. The highest BCUT2D eigenvalue weighted by Gasteiger charge is 2.26. The highest BCUT2D eigenvalue weighted by atomic mass is 15.5. The third-order valence-electron chi connectivity index (χ3n) is 4.21. The van der Waals surface area contributed by atoms with Crippen molar-refractivity contribution < 1.29 is 0 Å². The standard InChI is InChI=1S/C16H19N5/c1-11-6-5-7-12(2)21(11)20-16-13-8-3-4-9-14(13)18-19-15(16)10-17/h3-4,8-9,11-12H,5-7H2,1-2H3,(H,18,20). The lowest BCUT2D eigenvalue weighted by Gasteiger charge is -2.39. The first-order valence-electron chi connectivity index (χ1n) is 7.41. The molecule has 0 aliphatic carbocycles. The van der Waals surface area contributed by atoms with Crippen molar-refractivity contribution in [1.29, 1.82) is 5.26 Å². The number of piperidine rings is 1. The van der Waals surface area contributed by atoms with Crippen LogP contribution in [0.15, 0.2) is 24.3 Å². The van der Waals surface area contributed by atoms with Gasteiger partial charge in [-0.25, -0.2) is 5.01 Å². The molecule has 1 aliphatic heterocycles. The largest absolute Gasteiger partial charge is 0.315 e. The zero-order chi connectivity index (χ0) is 14.8. The second-order valence-electron chi connectivity index (χ2n) is 5.70. The molecule has 1 N–H and O–H groups in total. The highest BCUT2D eigenvalue weighted by molar-refractivity contribution is 5.92. The minimum Gasteiger partial charge on any atom is -0.315 e. The molecule has 1 fully saturated rings. The van der Waals surface area contributed by atoms with Gasteiger partial charge in [0.1, 0.15) is 6.07 Å². The smallest absolute Gasteiger partial charge is 0.188 e. The van der Waals surface area contributed by atoms with Gasteiger partial charge < -0.3 is 5.43 Å². The lowest BCUT2D eigenvalue weighted by Crippen LogP contribution is -2.47. The van der Waals surface area contributed by atoms with Gasteiger partial charge in [0.15, 0.2) is 5.69 Å². The molecule has 0 saturated carbocycles. The Bertz CT molecular complexity index is 681. The fourth-order valence-electron chi connectivity index (χ4n) is 3.02. The van der Waals surface area contributed by atoms with Gasteiger partial charge in [-0.2, -0.15) is 5.26 Å². The second kappa shape index (κ2) is 5.66. The lowest BCUT2D eigenvalue weighted by atomic mass is 10.00. The molecule has 5 heteroatoms. The number of anilines is 1. The first-order chi connectivity index (χ1) is 10.2. The molecule has 1 saturated heterocycles. The van der Waals surface area contributed by atoms with Crippen LogP contribution in [-0.4, -0.2) is 27.3 Å². The van der Waals surface area contributed by atoms with Gasteiger partial charge in [0.05, 0.1) is 11.2 Å². The van der Waals surface area contributed by atoms with Crippen molar-refractivity contribution in [3.63, 3.8) is 0 Å². The van der Waals surface area contributed by atoms with E-state index in [9.17, 15) is 5.26 Å². The van der Waals surface area contributed by atoms with Gasteiger partial charge in [0.25, 0.3) is 0 Å². The minimum atomic E-state index is 0.346. The maximum atomic E-state index is 9.33. The Balaban J connectivity index is 2.04. The maximum Gasteiger partial charge on any atom is 0.188 e. The van der Waals surface area contributed by atoms with E-state index in [1.807, 2.05) is 24.3 Å².